The van der Waals surface area contributed by atoms with Crippen molar-refractivity contribution in [1.82, 2.24) is 4.90 Å². The number of nitrogens with two attached hydrogens (primary N) is 1. The summed E-state index contributed by atoms with van der Waals surface area (Å²) < 4.78 is 11.5. The lowest BCUT2D eigenvalue weighted by molar-refractivity contribution is -0.127. The van der Waals surface area contributed by atoms with Crippen LogP contribution in [0, 0.1) is 0 Å². The highest BCUT2D eigenvalue weighted by molar-refractivity contribution is 8.18. The van der Waals surface area contributed by atoms with E-state index in [0.29, 0.717) is 33.7 Å². The number of carbonyl (C=O) groups excluding carboxylic acids is 3. The van der Waals surface area contributed by atoms with Crippen LogP contribution in [0.3, 0.4) is 0 Å². The lowest BCUT2D eigenvalue weighted by Crippen LogP contribution is -2.36. The smallest absolute Gasteiger partial charge is 0.294 e. The van der Waals surface area contributed by atoms with E-state index in [1.165, 1.54) is 0 Å². The molecular weight excluding hydrogens is 463 g/mol. The van der Waals surface area contributed by atoms with Gasteiger partial charge < -0.3 is 15.2 Å². The van der Waals surface area contributed by atoms with Gasteiger partial charge in [-0.25, -0.2) is 0 Å². The highest BCUT2D eigenvalue weighted by Gasteiger charge is 2.35. The number of amides is 3. The minimum absolute atomic E-state index is 0.193. The predicted molar refractivity (Wildman–Crippen MR) is 120 cm³/mol. The molecule has 1 heterocycles. The fraction of sp³-hybridized carbons (Fsp3) is 0.190. The number of thioether (sulfide) groups is 1. The van der Waals surface area contributed by atoms with E-state index in [-0.39, 0.29) is 11.5 Å². The largest absolute Gasteiger partial charge is 0.490 e. The van der Waals surface area contributed by atoms with Crippen LogP contribution in [0.5, 0.6) is 11.5 Å². The second-order valence-electron chi connectivity index (χ2n) is 6.41. The van der Waals surface area contributed by atoms with Crippen molar-refractivity contribution in [2.24, 2.45) is 5.73 Å². The van der Waals surface area contributed by atoms with Crippen molar-refractivity contribution in [2.45, 2.75) is 13.5 Å². The van der Waals surface area contributed by atoms with E-state index in [4.69, 9.17) is 38.4 Å². The molecule has 1 fully saturated rings. The first-order valence-electron chi connectivity index (χ1n) is 9.15. The monoisotopic (exact) mass is 480 g/mol. The molecular formula is C21H18Cl2N2O5S. The zero-order chi connectivity index (χ0) is 22.5. The van der Waals surface area contributed by atoms with E-state index < -0.39 is 23.6 Å². The summed E-state index contributed by atoms with van der Waals surface area (Å²) >= 11 is 12.7. The number of nitrogens with zero attached hydrogens (tertiary/aromatic N) is 1. The molecule has 7 nitrogen and oxygen atoms in total. The Balaban J connectivity index is 1.79. The van der Waals surface area contributed by atoms with E-state index >= 15 is 0 Å². The number of benzene rings is 2. The summed E-state index contributed by atoms with van der Waals surface area (Å²) in [5.41, 5.74) is 6.56. The Morgan fingerprint density at radius 1 is 1.10 bits per heavy atom. The van der Waals surface area contributed by atoms with Crippen molar-refractivity contribution in [1.29, 1.82) is 0 Å². The van der Waals surface area contributed by atoms with Crippen LogP contribution in [0.2, 0.25) is 10.0 Å². The van der Waals surface area contributed by atoms with Crippen molar-refractivity contribution < 1.29 is 23.9 Å². The normalized spacial score (nSPS) is 14.9. The molecule has 0 radical (unpaired) electrons. The molecule has 1 aliphatic heterocycles. The Morgan fingerprint density at radius 3 is 2.55 bits per heavy atom. The lowest BCUT2D eigenvalue weighted by Gasteiger charge is -2.13. The van der Waals surface area contributed by atoms with Crippen LogP contribution >= 0.6 is 35.0 Å². The summed E-state index contributed by atoms with van der Waals surface area (Å²) in [7, 11) is 0. The fourth-order valence-corrected chi connectivity index (χ4v) is 3.89. The molecule has 0 atom stereocenters. The topological polar surface area (TPSA) is 98.9 Å². The summed E-state index contributed by atoms with van der Waals surface area (Å²) in [6, 6.07) is 10.4. The maximum Gasteiger partial charge on any atom is 0.294 e. The molecule has 1 aliphatic rings. The van der Waals surface area contributed by atoms with E-state index in [2.05, 4.69) is 0 Å². The highest BCUT2D eigenvalue weighted by atomic mass is 35.5. The molecule has 2 aromatic rings. The van der Waals surface area contributed by atoms with Gasteiger partial charge in [0.05, 0.1) is 21.6 Å². The standard InChI is InChI=1S/C21H18Cl2N2O5S/c1-2-29-17-8-12(9-18-20(27)25(10-19(24)26)21(28)31-18)4-6-16(17)30-11-13-3-5-14(22)15(23)7-13/h3-9H,2,10-11H2,1H3,(H2,24,26)/b18-9-. The van der Waals surface area contributed by atoms with Gasteiger partial charge in [-0.15, -0.1) is 0 Å². The van der Waals surface area contributed by atoms with Gasteiger partial charge >= 0.3 is 0 Å². The molecule has 162 valence electrons. The third-order valence-corrected chi connectivity index (χ3v) is 5.78. The summed E-state index contributed by atoms with van der Waals surface area (Å²) in [5.74, 6) is -0.336. The SMILES string of the molecule is CCOc1cc(/C=C2\SC(=O)N(CC(N)=O)C2=O)ccc1OCc1ccc(Cl)c(Cl)c1. The van der Waals surface area contributed by atoms with Crippen molar-refractivity contribution in [3.8, 4) is 11.5 Å². The lowest BCUT2D eigenvalue weighted by atomic mass is 10.1. The molecule has 0 aromatic heterocycles. The van der Waals surface area contributed by atoms with Gasteiger partial charge in [-0.1, -0.05) is 35.3 Å². The zero-order valence-electron chi connectivity index (χ0n) is 16.4. The predicted octanol–water partition coefficient (Wildman–Crippen LogP) is 4.49. The van der Waals surface area contributed by atoms with E-state index in [1.54, 1.807) is 36.4 Å². The molecule has 2 aromatic carbocycles. The molecule has 1 saturated heterocycles. The number of ether oxygens (including phenoxy) is 2. The number of imide groups is 1. The van der Waals surface area contributed by atoms with Gasteiger partial charge in [-0.3, -0.25) is 19.3 Å². The summed E-state index contributed by atoms with van der Waals surface area (Å²) in [5, 5.41) is 0.361. The zero-order valence-corrected chi connectivity index (χ0v) is 18.7. The van der Waals surface area contributed by atoms with Gasteiger partial charge in [-0.2, -0.15) is 0 Å². The number of primary amides is 1. The van der Waals surface area contributed by atoms with Crippen LogP contribution in [0.15, 0.2) is 41.3 Å². The second-order valence-corrected chi connectivity index (χ2v) is 8.22. The Kier molecular flexibility index (Phi) is 7.48. The minimum atomic E-state index is -0.759. The molecule has 0 spiro atoms. The van der Waals surface area contributed by atoms with Gasteiger partial charge in [0.1, 0.15) is 13.2 Å². The average Bonchev–Trinajstić information content (AvgIpc) is 2.97. The first-order valence-corrected chi connectivity index (χ1v) is 10.7. The van der Waals surface area contributed by atoms with Crippen molar-refractivity contribution in [3.05, 3.63) is 62.5 Å². The van der Waals surface area contributed by atoms with Crippen LogP contribution < -0.4 is 15.2 Å². The van der Waals surface area contributed by atoms with Gasteiger partial charge in [0.2, 0.25) is 5.91 Å². The van der Waals surface area contributed by atoms with Crippen LogP contribution in [0.25, 0.3) is 6.08 Å². The summed E-state index contributed by atoms with van der Waals surface area (Å²) in [4.78, 5) is 36.4. The van der Waals surface area contributed by atoms with Crippen LogP contribution in [0.1, 0.15) is 18.1 Å². The van der Waals surface area contributed by atoms with Crippen LogP contribution in [-0.4, -0.2) is 35.1 Å². The molecule has 2 N–H and O–H groups in total. The number of hydrogen-bond donors (Lipinski definition) is 1. The van der Waals surface area contributed by atoms with E-state index in [9.17, 15) is 14.4 Å². The Hall–Kier alpha value is -2.68. The second kappa shape index (κ2) is 10.1. The van der Waals surface area contributed by atoms with Crippen molar-refractivity contribution in [2.75, 3.05) is 13.2 Å². The van der Waals surface area contributed by atoms with Crippen molar-refractivity contribution in [3.63, 3.8) is 0 Å². The van der Waals surface area contributed by atoms with Gasteiger partial charge in [-0.05, 0) is 60.2 Å². The summed E-state index contributed by atoms with van der Waals surface area (Å²) in [6.45, 7) is 2.04. The molecule has 0 aliphatic carbocycles. The maximum atomic E-state index is 12.4. The Bertz CT molecular complexity index is 1070. The molecule has 0 unspecified atom stereocenters. The number of rotatable bonds is 8. The first-order chi connectivity index (χ1) is 14.8. The third-order valence-electron chi connectivity index (χ3n) is 4.13. The molecule has 31 heavy (non-hydrogen) atoms. The third kappa shape index (κ3) is 5.72. The first kappa shape index (κ1) is 23.0. The Labute approximate surface area is 193 Å². The minimum Gasteiger partial charge on any atom is -0.490 e. The molecule has 0 saturated carbocycles. The summed E-state index contributed by atoms with van der Waals surface area (Å²) in [6.07, 6.45) is 1.55. The number of halogens is 2. The highest BCUT2D eigenvalue weighted by Crippen LogP contribution is 2.35. The molecule has 3 rings (SSSR count). The van der Waals surface area contributed by atoms with Crippen molar-refractivity contribution >= 4 is 58.1 Å². The number of carbonyl (C=O) groups is 3. The van der Waals surface area contributed by atoms with Crippen LogP contribution in [-0.2, 0) is 16.2 Å². The van der Waals surface area contributed by atoms with Gasteiger partial charge in [0, 0.05) is 0 Å². The van der Waals surface area contributed by atoms with Crippen LogP contribution in [0.4, 0.5) is 4.79 Å². The van der Waals surface area contributed by atoms with Gasteiger partial charge in [0.25, 0.3) is 11.1 Å². The quantitative estimate of drug-likeness (QED) is 0.558. The molecule has 3 amide bonds. The maximum absolute atomic E-state index is 12.4. The Morgan fingerprint density at radius 2 is 1.87 bits per heavy atom. The molecule has 10 heteroatoms. The van der Waals surface area contributed by atoms with E-state index in [0.717, 1.165) is 22.2 Å². The molecule has 0 bridgehead atoms. The van der Waals surface area contributed by atoms with Gasteiger partial charge in [0.15, 0.2) is 11.5 Å². The fourth-order valence-electron chi connectivity index (χ4n) is 2.74. The van der Waals surface area contributed by atoms with E-state index in [1.807, 2.05) is 13.0 Å². The number of hydrogen-bond acceptors (Lipinski definition) is 6. The average molecular weight is 481 g/mol.